The van der Waals surface area contributed by atoms with Crippen LogP contribution >= 0.6 is 0 Å². The summed E-state index contributed by atoms with van der Waals surface area (Å²) >= 11 is 0. The fourth-order valence-electron chi connectivity index (χ4n) is 4.47. The van der Waals surface area contributed by atoms with Crippen molar-refractivity contribution >= 4 is 12.2 Å². The van der Waals surface area contributed by atoms with Crippen molar-refractivity contribution in [1.82, 2.24) is 4.98 Å². The molecule has 1 aliphatic rings. The largest absolute Gasteiger partial charge is 0.264 e. The quantitative estimate of drug-likeness (QED) is 0.310. The molecule has 1 heterocycles. The fourth-order valence-corrected chi connectivity index (χ4v) is 4.47. The van der Waals surface area contributed by atoms with Gasteiger partial charge in [-0.1, -0.05) is 113 Å². The molecule has 1 nitrogen and oxygen atoms in total. The van der Waals surface area contributed by atoms with Gasteiger partial charge in [-0.3, -0.25) is 4.98 Å². The van der Waals surface area contributed by atoms with Gasteiger partial charge in [0.15, 0.2) is 0 Å². The average Bonchev–Trinajstić information content (AvgIpc) is 2.98. The molecule has 1 aliphatic carbocycles. The molecule has 4 rings (SSSR count). The molecule has 0 spiro atoms. The van der Waals surface area contributed by atoms with Gasteiger partial charge in [0.05, 0.1) is 0 Å². The lowest BCUT2D eigenvalue weighted by Crippen LogP contribution is -2.14. The molecule has 1 heteroatoms. The molecule has 0 N–H and O–H groups in total. The normalized spacial score (nSPS) is 15.2. The van der Waals surface area contributed by atoms with E-state index in [9.17, 15) is 0 Å². The van der Waals surface area contributed by atoms with Crippen LogP contribution in [0.5, 0.6) is 0 Å². The highest BCUT2D eigenvalue weighted by Gasteiger charge is 2.23. The summed E-state index contributed by atoms with van der Waals surface area (Å²) in [5.41, 5.74) is 8.14. The number of hydrogen-bond acceptors (Lipinski definition) is 1. The van der Waals surface area contributed by atoms with Crippen molar-refractivity contribution in [3.05, 3.63) is 126 Å². The second-order valence-corrected chi connectivity index (χ2v) is 9.27. The average molecular weight is 512 g/mol. The Balaban J connectivity index is 0.000000569. The third kappa shape index (κ3) is 13.9. The van der Waals surface area contributed by atoms with Crippen LogP contribution in [0.1, 0.15) is 100 Å². The second kappa shape index (κ2) is 21.9. The lowest BCUT2D eigenvalue weighted by molar-refractivity contribution is 0.323. The first-order chi connectivity index (χ1) is 18.4. The molecule has 0 unspecified atom stereocenters. The van der Waals surface area contributed by atoms with E-state index in [-0.39, 0.29) is 0 Å². The summed E-state index contributed by atoms with van der Waals surface area (Å²) in [4.78, 5) is 3.88. The molecule has 206 valence electrons. The van der Waals surface area contributed by atoms with Crippen molar-refractivity contribution in [1.29, 1.82) is 0 Å². The van der Waals surface area contributed by atoms with E-state index in [4.69, 9.17) is 0 Å². The molecule has 0 saturated heterocycles. The first-order valence-corrected chi connectivity index (χ1v) is 14.3. The lowest BCUT2D eigenvalue weighted by atomic mass is 9.75. The summed E-state index contributed by atoms with van der Waals surface area (Å²) < 4.78 is 0. The van der Waals surface area contributed by atoms with E-state index in [1.807, 2.05) is 76.2 Å². The number of nitrogens with zero attached hydrogens (tertiary/aromatic N) is 1. The Morgan fingerprint density at radius 1 is 0.789 bits per heavy atom. The minimum Gasteiger partial charge on any atom is -0.264 e. The van der Waals surface area contributed by atoms with Crippen molar-refractivity contribution in [2.75, 3.05) is 0 Å². The molecule has 2 aromatic carbocycles. The Bertz CT molecular complexity index is 966. The van der Waals surface area contributed by atoms with E-state index >= 15 is 0 Å². The summed E-state index contributed by atoms with van der Waals surface area (Å²) in [5, 5.41) is 0. The maximum Gasteiger partial charge on any atom is 0.0340 e. The standard InChI is InChI=1S/C18H26.C8H8.C7H7N.2C2H6/c1-13(2)12-16-8-10-17(11-9-16)18-7-5-6-14(3)15(18)4;1-2-8-6-4-3-5-7-8;1-2-7-4-3-5-8-6-7;2*1-2/h5-7,16-17H,1,8-12H2,2-4H3;2-7H,1H2;2-6H,1H2;2*1-2H3. The molecular weight excluding hydrogens is 458 g/mol. The van der Waals surface area contributed by atoms with Crippen LogP contribution in [-0.2, 0) is 0 Å². The van der Waals surface area contributed by atoms with Gasteiger partial charge in [0.2, 0.25) is 0 Å². The fraction of sp³-hybridized carbons (Fsp3) is 0.378. The highest BCUT2D eigenvalue weighted by molar-refractivity contribution is 5.45. The van der Waals surface area contributed by atoms with Gasteiger partial charge in [-0.25, -0.2) is 0 Å². The Morgan fingerprint density at radius 3 is 1.82 bits per heavy atom. The van der Waals surface area contributed by atoms with Crippen LogP contribution in [0.25, 0.3) is 12.2 Å². The van der Waals surface area contributed by atoms with E-state index in [1.165, 1.54) is 54.4 Å². The van der Waals surface area contributed by atoms with Crippen LogP contribution in [-0.4, -0.2) is 4.98 Å². The Hall–Kier alpha value is -3.19. The molecular formula is C37H53N. The minimum atomic E-state index is 0.797. The molecule has 1 aromatic heterocycles. The maximum atomic E-state index is 4.05. The first-order valence-electron chi connectivity index (χ1n) is 14.3. The van der Waals surface area contributed by atoms with Gasteiger partial charge in [0.25, 0.3) is 0 Å². The van der Waals surface area contributed by atoms with Crippen molar-refractivity contribution in [2.45, 2.75) is 86.5 Å². The zero-order valence-electron chi connectivity index (χ0n) is 25.3. The molecule has 1 fully saturated rings. The van der Waals surface area contributed by atoms with Gasteiger partial charge in [-0.15, -0.1) is 6.58 Å². The summed E-state index contributed by atoms with van der Waals surface area (Å²) in [6, 6.07) is 20.7. The predicted octanol–water partition coefficient (Wildman–Crippen LogP) is 11.7. The lowest BCUT2D eigenvalue weighted by Gasteiger charge is -2.30. The molecule has 1 saturated carbocycles. The zero-order valence-corrected chi connectivity index (χ0v) is 25.3. The van der Waals surface area contributed by atoms with Gasteiger partial charge in [-0.2, -0.15) is 0 Å². The summed E-state index contributed by atoms with van der Waals surface area (Å²) in [7, 11) is 0. The smallest absolute Gasteiger partial charge is 0.0340 e. The van der Waals surface area contributed by atoms with Gasteiger partial charge >= 0.3 is 0 Å². The van der Waals surface area contributed by atoms with Gasteiger partial charge in [0, 0.05) is 12.4 Å². The maximum absolute atomic E-state index is 4.05. The molecule has 0 atom stereocenters. The van der Waals surface area contributed by atoms with Crippen LogP contribution in [0.2, 0.25) is 0 Å². The Morgan fingerprint density at radius 2 is 1.37 bits per heavy atom. The minimum absolute atomic E-state index is 0.797. The molecule has 0 amide bonds. The van der Waals surface area contributed by atoms with Gasteiger partial charge in [0.1, 0.15) is 0 Å². The van der Waals surface area contributed by atoms with Crippen LogP contribution in [0.3, 0.4) is 0 Å². The number of hydrogen-bond donors (Lipinski definition) is 0. The molecule has 0 bridgehead atoms. The van der Waals surface area contributed by atoms with Crippen LogP contribution in [0, 0.1) is 19.8 Å². The number of aromatic nitrogens is 1. The van der Waals surface area contributed by atoms with Crippen LogP contribution in [0.4, 0.5) is 0 Å². The molecule has 38 heavy (non-hydrogen) atoms. The van der Waals surface area contributed by atoms with Gasteiger partial charge < -0.3 is 0 Å². The third-order valence-electron chi connectivity index (χ3n) is 6.53. The Labute approximate surface area is 235 Å². The third-order valence-corrected chi connectivity index (χ3v) is 6.53. The highest BCUT2D eigenvalue weighted by atomic mass is 14.6. The van der Waals surface area contributed by atoms with E-state index in [2.05, 4.69) is 63.7 Å². The van der Waals surface area contributed by atoms with Crippen molar-refractivity contribution in [3.63, 3.8) is 0 Å². The predicted molar refractivity (Wildman–Crippen MR) is 174 cm³/mol. The van der Waals surface area contributed by atoms with Crippen LogP contribution in [0.15, 0.2) is 98.4 Å². The monoisotopic (exact) mass is 511 g/mol. The van der Waals surface area contributed by atoms with E-state index < -0.39 is 0 Å². The number of allylic oxidation sites excluding steroid dienone is 1. The SMILES string of the molecule is C=C(C)CC1CCC(c2cccc(C)c2C)CC1.C=Cc1ccccc1.C=Cc1cccnc1.CC.CC. The van der Waals surface area contributed by atoms with E-state index in [1.54, 1.807) is 24.0 Å². The Kier molecular flexibility index (Phi) is 20.0. The number of rotatable bonds is 5. The highest BCUT2D eigenvalue weighted by Crippen LogP contribution is 2.39. The summed E-state index contributed by atoms with van der Waals surface area (Å²) in [6.07, 6.45) is 13.8. The molecule has 0 radical (unpaired) electrons. The van der Waals surface area contributed by atoms with Crippen molar-refractivity contribution in [3.8, 4) is 0 Å². The number of pyridine rings is 1. The topological polar surface area (TPSA) is 12.9 Å². The van der Waals surface area contributed by atoms with Crippen molar-refractivity contribution < 1.29 is 0 Å². The van der Waals surface area contributed by atoms with Crippen molar-refractivity contribution in [2.24, 2.45) is 5.92 Å². The number of aryl methyl sites for hydroxylation is 1. The zero-order chi connectivity index (χ0) is 28.8. The number of benzene rings is 2. The first kappa shape index (κ1) is 34.8. The van der Waals surface area contributed by atoms with Crippen LogP contribution < -0.4 is 0 Å². The molecule has 0 aliphatic heterocycles. The van der Waals surface area contributed by atoms with E-state index in [0.717, 1.165) is 17.4 Å². The molecule has 3 aromatic rings. The summed E-state index contributed by atoms with van der Waals surface area (Å²) in [5.74, 6) is 1.69. The summed E-state index contributed by atoms with van der Waals surface area (Å²) in [6.45, 7) is 25.9. The van der Waals surface area contributed by atoms with E-state index in [0.29, 0.717) is 0 Å². The van der Waals surface area contributed by atoms with Gasteiger partial charge in [-0.05, 0) is 98.6 Å². The second-order valence-electron chi connectivity index (χ2n) is 9.27.